The average Bonchev–Trinajstić information content (AvgIpc) is 3.32. The van der Waals surface area contributed by atoms with Gasteiger partial charge in [0.2, 0.25) is 5.96 Å². The number of guanidine groups is 1. The Labute approximate surface area is 161 Å². The summed E-state index contributed by atoms with van der Waals surface area (Å²) in [7, 11) is 0. The lowest BCUT2D eigenvalue weighted by Crippen LogP contribution is -2.47. The van der Waals surface area contributed by atoms with Crippen LogP contribution >= 0.6 is 0 Å². The monoisotopic (exact) mass is 358 g/mol. The minimum atomic E-state index is 0.563. The molecule has 2 atom stereocenters. The van der Waals surface area contributed by atoms with E-state index >= 15 is 0 Å². The van der Waals surface area contributed by atoms with Gasteiger partial charge in [-0.15, -0.1) is 0 Å². The van der Waals surface area contributed by atoms with Gasteiger partial charge >= 0.3 is 0 Å². The third-order valence-corrected chi connectivity index (χ3v) is 6.08. The summed E-state index contributed by atoms with van der Waals surface area (Å²) in [5, 5.41) is 0. The first-order valence-electron chi connectivity index (χ1n) is 10.1. The van der Waals surface area contributed by atoms with Gasteiger partial charge in [-0.1, -0.05) is 48.0 Å². The van der Waals surface area contributed by atoms with E-state index in [1.165, 1.54) is 36.2 Å². The van der Waals surface area contributed by atoms with E-state index in [-0.39, 0.29) is 0 Å². The molecule has 2 fully saturated rings. The number of fused-ring (bicyclic) bond motifs is 3. The van der Waals surface area contributed by atoms with Gasteiger partial charge in [-0.3, -0.25) is 0 Å². The first kappa shape index (κ1) is 16.5. The lowest BCUT2D eigenvalue weighted by Gasteiger charge is -2.36. The molecule has 0 amide bonds. The predicted octanol–water partition coefficient (Wildman–Crippen LogP) is 4.38. The molecular formula is C23H26N4. The maximum absolute atomic E-state index is 5.10. The maximum Gasteiger partial charge on any atom is 0.227 e. The fourth-order valence-electron chi connectivity index (χ4n) is 4.70. The second kappa shape index (κ2) is 6.84. The summed E-state index contributed by atoms with van der Waals surface area (Å²) in [4.78, 5) is 15.0. The normalized spacial score (nSPS) is 25.5. The molecule has 0 aromatic heterocycles. The Morgan fingerprint density at radius 1 is 1.00 bits per heavy atom. The molecule has 4 nitrogen and oxygen atoms in total. The van der Waals surface area contributed by atoms with Crippen LogP contribution in [-0.2, 0) is 6.54 Å². The highest BCUT2D eigenvalue weighted by Crippen LogP contribution is 2.37. The van der Waals surface area contributed by atoms with Crippen LogP contribution in [0, 0.1) is 12.8 Å². The summed E-state index contributed by atoms with van der Waals surface area (Å²) < 4.78 is 0. The number of hydrogen-bond acceptors (Lipinski definition) is 2. The minimum absolute atomic E-state index is 0.563. The molecule has 0 N–H and O–H groups in total. The van der Waals surface area contributed by atoms with E-state index in [2.05, 4.69) is 71.3 Å². The lowest BCUT2D eigenvalue weighted by atomic mass is 9.94. The van der Waals surface area contributed by atoms with Crippen LogP contribution in [-0.4, -0.2) is 40.7 Å². The number of rotatable bonds is 3. The van der Waals surface area contributed by atoms with Gasteiger partial charge in [0, 0.05) is 31.6 Å². The molecule has 3 heterocycles. The highest BCUT2D eigenvalue weighted by Gasteiger charge is 2.44. The maximum atomic E-state index is 5.10. The Bertz CT molecular complexity index is 869. The van der Waals surface area contributed by atoms with E-state index in [4.69, 9.17) is 9.98 Å². The summed E-state index contributed by atoms with van der Waals surface area (Å²) in [6.45, 7) is 5.24. The third-order valence-electron chi connectivity index (χ3n) is 6.08. The molecule has 4 heteroatoms. The SMILES string of the molecule is Cc1ccc(N=C2N=C3C(CCN3Cc3ccccc3)C3CCCN23)cc1. The third kappa shape index (κ3) is 3.14. The molecule has 0 spiro atoms. The Morgan fingerprint density at radius 3 is 2.63 bits per heavy atom. The smallest absolute Gasteiger partial charge is 0.227 e. The molecule has 0 radical (unpaired) electrons. The van der Waals surface area contributed by atoms with Crippen LogP contribution in [0.25, 0.3) is 0 Å². The Morgan fingerprint density at radius 2 is 1.81 bits per heavy atom. The molecule has 2 aromatic carbocycles. The van der Waals surface area contributed by atoms with Crippen molar-refractivity contribution in [3.8, 4) is 0 Å². The summed E-state index contributed by atoms with van der Waals surface area (Å²) in [6, 6.07) is 19.7. The molecular weight excluding hydrogens is 332 g/mol. The quantitative estimate of drug-likeness (QED) is 0.815. The standard InChI is InChI=1S/C23H26N4/c1-17-9-11-19(12-10-17)24-23-25-22-20(21-8-5-14-27(21)23)13-15-26(22)16-18-6-3-2-4-7-18/h2-4,6-7,9-12,20-21H,5,8,13-16H2,1H3. The second-order valence-electron chi connectivity index (χ2n) is 7.92. The van der Waals surface area contributed by atoms with E-state index in [1.54, 1.807) is 0 Å². The zero-order valence-electron chi connectivity index (χ0n) is 15.9. The molecule has 5 rings (SSSR count). The number of nitrogens with zero attached hydrogens (tertiary/aromatic N) is 4. The van der Waals surface area contributed by atoms with Crippen molar-refractivity contribution in [3.63, 3.8) is 0 Å². The number of aryl methyl sites for hydroxylation is 1. The minimum Gasteiger partial charge on any atom is -0.355 e. The topological polar surface area (TPSA) is 31.2 Å². The van der Waals surface area contributed by atoms with Crippen molar-refractivity contribution in [2.75, 3.05) is 13.1 Å². The fraction of sp³-hybridized carbons (Fsp3) is 0.391. The first-order chi connectivity index (χ1) is 13.3. The van der Waals surface area contributed by atoms with Gasteiger partial charge in [0.15, 0.2) is 0 Å². The van der Waals surface area contributed by atoms with Crippen LogP contribution in [0.5, 0.6) is 0 Å². The Hall–Kier alpha value is -2.62. The van der Waals surface area contributed by atoms with E-state index in [0.29, 0.717) is 12.0 Å². The van der Waals surface area contributed by atoms with E-state index < -0.39 is 0 Å². The van der Waals surface area contributed by atoms with Gasteiger partial charge in [-0.2, -0.15) is 4.99 Å². The van der Waals surface area contributed by atoms with Crippen molar-refractivity contribution in [1.29, 1.82) is 0 Å². The average molecular weight is 358 g/mol. The molecule has 2 aromatic rings. The first-order valence-corrected chi connectivity index (χ1v) is 10.1. The summed E-state index contributed by atoms with van der Waals surface area (Å²) in [6.07, 6.45) is 3.72. The van der Waals surface area contributed by atoms with E-state index in [1.807, 2.05) is 0 Å². The van der Waals surface area contributed by atoms with Gasteiger partial charge in [0.25, 0.3) is 0 Å². The highest BCUT2D eigenvalue weighted by atomic mass is 15.4. The molecule has 3 aliphatic heterocycles. The largest absolute Gasteiger partial charge is 0.355 e. The molecule has 2 unspecified atom stereocenters. The number of aliphatic imine (C=N–C) groups is 2. The van der Waals surface area contributed by atoms with Gasteiger partial charge in [-0.05, 0) is 43.9 Å². The molecule has 3 aliphatic rings. The molecule has 0 saturated carbocycles. The Kier molecular flexibility index (Phi) is 4.19. The van der Waals surface area contributed by atoms with Crippen LogP contribution in [0.15, 0.2) is 64.6 Å². The van der Waals surface area contributed by atoms with Crippen molar-refractivity contribution in [1.82, 2.24) is 9.80 Å². The van der Waals surface area contributed by atoms with Crippen LogP contribution in [0.1, 0.15) is 30.4 Å². The molecule has 2 saturated heterocycles. The zero-order valence-corrected chi connectivity index (χ0v) is 15.9. The van der Waals surface area contributed by atoms with Crippen LogP contribution in [0.2, 0.25) is 0 Å². The highest BCUT2D eigenvalue weighted by molar-refractivity contribution is 6.02. The van der Waals surface area contributed by atoms with Crippen LogP contribution < -0.4 is 0 Å². The summed E-state index contributed by atoms with van der Waals surface area (Å²) in [5.41, 5.74) is 3.61. The molecule has 0 bridgehead atoms. The Balaban J connectivity index is 1.48. The van der Waals surface area contributed by atoms with Crippen LogP contribution in [0.4, 0.5) is 5.69 Å². The van der Waals surface area contributed by atoms with Crippen molar-refractivity contribution < 1.29 is 0 Å². The van der Waals surface area contributed by atoms with Gasteiger partial charge < -0.3 is 9.80 Å². The number of benzene rings is 2. The van der Waals surface area contributed by atoms with Gasteiger partial charge in [0.05, 0.1) is 5.69 Å². The van der Waals surface area contributed by atoms with Crippen molar-refractivity contribution >= 4 is 17.5 Å². The zero-order chi connectivity index (χ0) is 18.2. The number of likely N-dealkylation sites (tertiary alicyclic amines) is 1. The summed E-state index contributed by atoms with van der Waals surface area (Å²) in [5.74, 6) is 2.73. The number of hydrogen-bond donors (Lipinski definition) is 0. The lowest BCUT2D eigenvalue weighted by molar-refractivity contribution is 0.318. The van der Waals surface area contributed by atoms with Gasteiger partial charge in [-0.25, -0.2) is 4.99 Å². The van der Waals surface area contributed by atoms with E-state index in [9.17, 15) is 0 Å². The second-order valence-corrected chi connectivity index (χ2v) is 7.92. The summed E-state index contributed by atoms with van der Waals surface area (Å²) >= 11 is 0. The molecule has 138 valence electrons. The fourth-order valence-corrected chi connectivity index (χ4v) is 4.70. The van der Waals surface area contributed by atoms with E-state index in [0.717, 1.165) is 31.3 Å². The predicted molar refractivity (Wildman–Crippen MR) is 110 cm³/mol. The molecule has 0 aliphatic carbocycles. The number of amidine groups is 1. The van der Waals surface area contributed by atoms with Crippen molar-refractivity contribution in [3.05, 3.63) is 65.7 Å². The van der Waals surface area contributed by atoms with Crippen molar-refractivity contribution in [2.24, 2.45) is 15.9 Å². The molecule has 27 heavy (non-hydrogen) atoms. The van der Waals surface area contributed by atoms with Gasteiger partial charge in [0.1, 0.15) is 5.84 Å². The van der Waals surface area contributed by atoms with Crippen molar-refractivity contribution in [2.45, 2.75) is 38.8 Å². The van der Waals surface area contributed by atoms with Crippen LogP contribution in [0.3, 0.4) is 0 Å².